The Morgan fingerprint density at radius 2 is 1.81 bits per heavy atom. The second kappa shape index (κ2) is 5.11. The van der Waals surface area contributed by atoms with Crippen molar-refractivity contribution in [1.82, 2.24) is 9.97 Å². The molecule has 3 heteroatoms. The van der Waals surface area contributed by atoms with Crippen LogP contribution < -0.4 is 0 Å². The van der Waals surface area contributed by atoms with E-state index in [0.717, 1.165) is 27.0 Å². The largest absolute Gasteiger partial charge is 0.256 e. The van der Waals surface area contributed by atoms with Gasteiger partial charge in [0.15, 0.2) is 0 Å². The van der Waals surface area contributed by atoms with Crippen LogP contribution in [0.4, 0.5) is 0 Å². The Labute approximate surface area is 126 Å². The zero-order chi connectivity index (χ0) is 14.1. The highest BCUT2D eigenvalue weighted by atomic mass is 32.1. The fourth-order valence-electron chi connectivity index (χ4n) is 2.33. The minimum Gasteiger partial charge on any atom is -0.256 e. The number of pyridine rings is 1. The predicted octanol–water partition coefficient (Wildman–Crippen LogP) is 5.01. The molecule has 0 unspecified atom stereocenters. The Bertz CT molecular complexity index is 920. The van der Waals surface area contributed by atoms with E-state index in [4.69, 9.17) is 0 Å². The van der Waals surface area contributed by atoms with Crippen molar-refractivity contribution in [2.45, 2.75) is 0 Å². The molecular weight excluding hydrogens is 276 g/mol. The van der Waals surface area contributed by atoms with Crippen molar-refractivity contribution in [2.24, 2.45) is 0 Å². The van der Waals surface area contributed by atoms with E-state index in [9.17, 15) is 0 Å². The summed E-state index contributed by atoms with van der Waals surface area (Å²) >= 11 is 1.71. The Morgan fingerprint density at radius 3 is 2.76 bits per heavy atom. The van der Waals surface area contributed by atoms with Crippen LogP contribution in [0.2, 0.25) is 0 Å². The zero-order valence-electron chi connectivity index (χ0n) is 11.2. The third-order valence-electron chi connectivity index (χ3n) is 3.36. The molecule has 0 aliphatic carbocycles. The molecule has 0 N–H and O–H groups in total. The lowest BCUT2D eigenvalue weighted by Gasteiger charge is -1.97. The van der Waals surface area contributed by atoms with Crippen LogP contribution in [0.25, 0.3) is 33.3 Å². The van der Waals surface area contributed by atoms with Gasteiger partial charge in [0.1, 0.15) is 5.01 Å². The van der Waals surface area contributed by atoms with Gasteiger partial charge < -0.3 is 0 Å². The molecule has 0 radical (unpaired) electrons. The lowest BCUT2D eigenvalue weighted by molar-refractivity contribution is 1.41. The van der Waals surface area contributed by atoms with E-state index < -0.39 is 0 Å². The summed E-state index contributed by atoms with van der Waals surface area (Å²) in [5.74, 6) is 0. The number of hydrogen-bond donors (Lipinski definition) is 0. The first-order valence-electron chi connectivity index (χ1n) is 6.77. The summed E-state index contributed by atoms with van der Waals surface area (Å²) in [4.78, 5) is 8.94. The van der Waals surface area contributed by atoms with E-state index in [0.29, 0.717) is 0 Å². The summed E-state index contributed by atoms with van der Waals surface area (Å²) in [5.41, 5.74) is 3.24. The van der Waals surface area contributed by atoms with Crippen LogP contribution in [0.3, 0.4) is 0 Å². The van der Waals surface area contributed by atoms with E-state index in [1.807, 2.05) is 36.5 Å². The molecule has 0 fully saturated rings. The van der Waals surface area contributed by atoms with Crippen molar-refractivity contribution in [3.63, 3.8) is 0 Å². The van der Waals surface area contributed by atoms with Crippen molar-refractivity contribution in [1.29, 1.82) is 0 Å². The van der Waals surface area contributed by atoms with Crippen LogP contribution in [0.1, 0.15) is 10.6 Å². The van der Waals surface area contributed by atoms with Crippen LogP contribution in [0.5, 0.6) is 0 Å². The highest BCUT2D eigenvalue weighted by Crippen LogP contribution is 2.23. The Balaban J connectivity index is 1.69. The molecule has 0 atom stereocenters. The second-order valence-corrected chi connectivity index (χ2v) is 5.87. The average Bonchev–Trinajstić information content (AvgIpc) is 2.95. The van der Waals surface area contributed by atoms with Crippen LogP contribution in [0, 0.1) is 0 Å². The number of hydrogen-bond acceptors (Lipinski definition) is 3. The Morgan fingerprint density at radius 1 is 0.857 bits per heavy atom. The van der Waals surface area contributed by atoms with Crippen molar-refractivity contribution < 1.29 is 0 Å². The summed E-state index contributed by atoms with van der Waals surface area (Å²) < 4.78 is 1.22. The molecule has 2 nitrogen and oxygen atoms in total. The Hall–Kier alpha value is -2.52. The first-order valence-corrected chi connectivity index (χ1v) is 7.59. The van der Waals surface area contributed by atoms with Crippen LogP contribution in [-0.2, 0) is 0 Å². The molecule has 0 saturated heterocycles. The average molecular weight is 288 g/mol. The number of para-hydroxylation sites is 1. The first-order chi connectivity index (χ1) is 10.4. The van der Waals surface area contributed by atoms with Crippen LogP contribution >= 0.6 is 11.3 Å². The van der Waals surface area contributed by atoms with Gasteiger partial charge in [-0.15, -0.1) is 11.3 Å². The molecule has 2 aromatic heterocycles. The minimum atomic E-state index is 1.02. The molecular formula is C18H12N2S. The summed E-state index contributed by atoms with van der Waals surface area (Å²) in [5, 5.41) is 2.19. The van der Waals surface area contributed by atoms with Gasteiger partial charge in [0, 0.05) is 11.6 Å². The zero-order valence-corrected chi connectivity index (χ0v) is 12.0. The van der Waals surface area contributed by atoms with Gasteiger partial charge in [0.25, 0.3) is 0 Å². The normalized spacial score (nSPS) is 11.6. The van der Waals surface area contributed by atoms with Gasteiger partial charge in [-0.05, 0) is 42.0 Å². The molecule has 0 spiro atoms. The number of aromatic nitrogens is 2. The quantitative estimate of drug-likeness (QED) is 0.518. The molecule has 100 valence electrons. The SMILES string of the molecule is C(=Cc1nc2ccccc2s1)c1ccc2ncccc2c1. The summed E-state index contributed by atoms with van der Waals surface area (Å²) in [7, 11) is 0. The third kappa shape index (κ3) is 2.43. The van der Waals surface area contributed by atoms with Crippen molar-refractivity contribution >= 4 is 44.6 Å². The van der Waals surface area contributed by atoms with E-state index in [2.05, 4.69) is 46.4 Å². The first kappa shape index (κ1) is 12.2. The number of rotatable bonds is 2. The van der Waals surface area contributed by atoms with Gasteiger partial charge in [-0.2, -0.15) is 0 Å². The molecule has 0 bridgehead atoms. The molecule has 4 rings (SSSR count). The Kier molecular flexibility index (Phi) is 2.98. The lowest BCUT2D eigenvalue weighted by atomic mass is 10.1. The molecule has 2 aromatic carbocycles. The molecule has 0 aliphatic heterocycles. The van der Waals surface area contributed by atoms with Gasteiger partial charge in [-0.3, -0.25) is 4.98 Å². The third-order valence-corrected chi connectivity index (χ3v) is 4.36. The van der Waals surface area contributed by atoms with Crippen molar-refractivity contribution in [3.05, 3.63) is 71.4 Å². The summed E-state index contributed by atoms with van der Waals surface area (Å²) in [6.07, 6.45) is 5.99. The maximum atomic E-state index is 4.61. The minimum absolute atomic E-state index is 1.02. The highest BCUT2D eigenvalue weighted by molar-refractivity contribution is 7.19. The molecule has 4 aromatic rings. The van der Waals surface area contributed by atoms with E-state index in [1.165, 1.54) is 4.70 Å². The maximum Gasteiger partial charge on any atom is 0.117 e. The molecule has 0 amide bonds. The van der Waals surface area contributed by atoms with Gasteiger partial charge in [-0.1, -0.05) is 30.3 Å². The van der Waals surface area contributed by atoms with Gasteiger partial charge in [0.2, 0.25) is 0 Å². The molecule has 0 saturated carbocycles. The standard InChI is InChI=1S/C18H12N2S/c1-2-6-17-16(5-1)20-18(21-17)10-8-13-7-9-15-14(12-13)4-3-11-19-15/h1-12H. The monoisotopic (exact) mass is 288 g/mol. The topological polar surface area (TPSA) is 25.8 Å². The molecule has 0 aliphatic rings. The van der Waals surface area contributed by atoms with Crippen molar-refractivity contribution in [2.75, 3.05) is 0 Å². The maximum absolute atomic E-state index is 4.61. The molecule has 2 heterocycles. The van der Waals surface area contributed by atoms with Crippen LogP contribution in [-0.4, -0.2) is 9.97 Å². The van der Waals surface area contributed by atoms with Gasteiger partial charge in [0.05, 0.1) is 15.7 Å². The number of benzene rings is 2. The van der Waals surface area contributed by atoms with Crippen LogP contribution in [0.15, 0.2) is 60.8 Å². The van der Waals surface area contributed by atoms with E-state index in [1.54, 1.807) is 11.3 Å². The van der Waals surface area contributed by atoms with Gasteiger partial charge >= 0.3 is 0 Å². The molecule has 21 heavy (non-hydrogen) atoms. The smallest absolute Gasteiger partial charge is 0.117 e. The number of nitrogens with zero attached hydrogens (tertiary/aromatic N) is 2. The predicted molar refractivity (Wildman–Crippen MR) is 90.3 cm³/mol. The lowest BCUT2D eigenvalue weighted by Crippen LogP contribution is -1.78. The number of thiazole rings is 1. The van der Waals surface area contributed by atoms with Crippen molar-refractivity contribution in [3.8, 4) is 0 Å². The van der Waals surface area contributed by atoms with Gasteiger partial charge in [-0.25, -0.2) is 4.98 Å². The fourth-order valence-corrected chi connectivity index (χ4v) is 3.20. The fraction of sp³-hybridized carbons (Fsp3) is 0. The second-order valence-electron chi connectivity index (χ2n) is 4.81. The van der Waals surface area contributed by atoms with E-state index >= 15 is 0 Å². The highest BCUT2D eigenvalue weighted by Gasteiger charge is 1.99. The van der Waals surface area contributed by atoms with E-state index in [-0.39, 0.29) is 0 Å². The summed E-state index contributed by atoms with van der Waals surface area (Å²) in [6.45, 7) is 0. The number of fused-ring (bicyclic) bond motifs is 2. The summed E-state index contributed by atoms with van der Waals surface area (Å²) in [6, 6.07) is 18.5.